The molecule has 3 N–H and O–H groups in total. The Morgan fingerprint density at radius 1 is 1.39 bits per heavy atom. The number of thiophene rings is 1. The molecule has 0 radical (unpaired) electrons. The fourth-order valence-electron chi connectivity index (χ4n) is 1.76. The SMILES string of the molecule is CC(=O)NCCc1ccc2cc(B(O)O)sc2c1. The lowest BCUT2D eigenvalue weighted by Gasteiger charge is -2.02. The summed E-state index contributed by atoms with van der Waals surface area (Å²) < 4.78 is 1.57. The van der Waals surface area contributed by atoms with Gasteiger partial charge in [-0.2, -0.15) is 0 Å². The lowest BCUT2D eigenvalue weighted by atomic mass is 9.89. The highest BCUT2D eigenvalue weighted by molar-refractivity contribution is 7.27. The molecular weight excluding hydrogens is 249 g/mol. The minimum atomic E-state index is -1.41. The van der Waals surface area contributed by atoms with E-state index in [2.05, 4.69) is 5.32 Å². The Bertz CT molecular complexity index is 567. The molecule has 0 aliphatic carbocycles. The fourth-order valence-corrected chi connectivity index (χ4v) is 2.76. The largest absolute Gasteiger partial charge is 0.499 e. The van der Waals surface area contributed by atoms with Gasteiger partial charge in [-0.3, -0.25) is 4.79 Å². The number of nitrogens with one attached hydrogen (secondary N) is 1. The fraction of sp³-hybridized carbons (Fsp3) is 0.250. The number of hydrogen-bond acceptors (Lipinski definition) is 4. The van der Waals surface area contributed by atoms with E-state index in [1.165, 1.54) is 18.3 Å². The Labute approximate surface area is 109 Å². The molecular formula is C12H14BNO3S. The van der Waals surface area contributed by atoms with Crippen molar-refractivity contribution in [3.8, 4) is 0 Å². The maximum absolute atomic E-state index is 10.8. The van der Waals surface area contributed by atoms with Gasteiger partial charge in [0.1, 0.15) is 0 Å². The monoisotopic (exact) mass is 263 g/mol. The van der Waals surface area contributed by atoms with Crippen LogP contribution in [-0.2, 0) is 11.2 Å². The molecule has 94 valence electrons. The standard InChI is InChI=1S/C12H14BNO3S/c1-8(15)14-5-4-9-2-3-10-7-12(13(16)17)18-11(10)6-9/h2-3,6-7,16-17H,4-5H2,1H3,(H,14,15). The first-order chi connectivity index (χ1) is 8.56. The summed E-state index contributed by atoms with van der Waals surface area (Å²) in [6, 6.07) is 7.75. The van der Waals surface area contributed by atoms with Crippen LogP contribution in [0.2, 0.25) is 0 Å². The van der Waals surface area contributed by atoms with Crippen molar-refractivity contribution in [1.82, 2.24) is 5.32 Å². The molecule has 0 spiro atoms. The average Bonchev–Trinajstić information content (AvgIpc) is 2.71. The van der Waals surface area contributed by atoms with Gasteiger partial charge in [0.2, 0.25) is 5.91 Å². The molecule has 2 rings (SSSR count). The molecule has 1 heterocycles. The number of benzene rings is 1. The van der Waals surface area contributed by atoms with E-state index in [1.54, 1.807) is 6.07 Å². The third kappa shape index (κ3) is 3.10. The van der Waals surface area contributed by atoms with Crippen LogP contribution in [0.4, 0.5) is 0 Å². The van der Waals surface area contributed by atoms with E-state index in [4.69, 9.17) is 10.0 Å². The van der Waals surface area contributed by atoms with Gasteiger partial charge in [0, 0.05) is 22.9 Å². The Morgan fingerprint density at radius 3 is 2.83 bits per heavy atom. The van der Waals surface area contributed by atoms with Crippen LogP contribution >= 0.6 is 11.3 Å². The van der Waals surface area contributed by atoms with Gasteiger partial charge < -0.3 is 15.4 Å². The molecule has 1 amide bonds. The van der Waals surface area contributed by atoms with Crippen LogP contribution in [0.1, 0.15) is 12.5 Å². The predicted octanol–water partition coefficient (Wildman–Crippen LogP) is 0.260. The summed E-state index contributed by atoms with van der Waals surface area (Å²) in [5.41, 5.74) is 1.12. The average molecular weight is 263 g/mol. The molecule has 0 aliphatic rings. The van der Waals surface area contributed by atoms with Crippen molar-refractivity contribution in [3.05, 3.63) is 29.8 Å². The van der Waals surface area contributed by atoms with E-state index in [9.17, 15) is 4.79 Å². The first-order valence-electron chi connectivity index (χ1n) is 5.69. The molecule has 18 heavy (non-hydrogen) atoms. The van der Waals surface area contributed by atoms with Gasteiger partial charge >= 0.3 is 7.12 Å². The summed E-state index contributed by atoms with van der Waals surface area (Å²) in [5.74, 6) is -0.0297. The summed E-state index contributed by atoms with van der Waals surface area (Å²) in [6.07, 6.45) is 0.768. The van der Waals surface area contributed by atoms with Crippen LogP contribution < -0.4 is 10.1 Å². The van der Waals surface area contributed by atoms with Crippen molar-refractivity contribution < 1.29 is 14.8 Å². The predicted molar refractivity (Wildman–Crippen MR) is 74.0 cm³/mol. The van der Waals surface area contributed by atoms with E-state index < -0.39 is 7.12 Å². The lowest BCUT2D eigenvalue weighted by Crippen LogP contribution is -2.26. The number of amides is 1. The zero-order chi connectivity index (χ0) is 13.1. The number of carbonyl (C=O) groups is 1. The molecule has 0 unspecified atom stereocenters. The van der Waals surface area contributed by atoms with E-state index in [0.29, 0.717) is 11.3 Å². The topological polar surface area (TPSA) is 69.6 Å². The van der Waals surface area contributed by atoms with E-state index in [1.807, 2.05) is 18.2 Å². The number of rotatable bonds is 4. The van der Waals surface area contributed by atoms with E-state index in [0.717, 1.165) is 22.1 Å². The van der Waals surface area contributed by atoms with Crippen LogP contribution in [0.25, 0.3) is 10.1 Å². The highest BCUT2D eigenvalue weighted by Crippen LogP contribution is 2.21. The second kappa shape index (κ2) is 5.52. The summed E-state index contributed by atoms with van der Waals surface area (Å²) in [7, 11) is -1.41. The second-order valence-corrected chi connectivity index (χ2v) is 5.24. The maximum Gasteiger partial charge on any atom is 0.499 e. The first kappa shape index (κ1) is 13.1. The van der Waals surface area contributed by atoms with Crippen molar-refractivity contribution in [2.45, 2.75) is 13.3 Å². The molecule has 0 atom stereocenters. The van der Waals surface area contributed by atoms with Crippen molar-refractivity contribution in [2.75, 3.05) is 6.54 Å². The minimum Gasteiger partial charge on any atom is -0.423 e. The molecule has 1 aromatic heterocycles. The summed E-state index contributed by atoms with van der Waals surface area (Å²) >= 11 is 1.37. The van der Waals surface area contributed by atoms with Crippen LogP contribution in [-0.4, -0.2) is 29.6 Å². The van der Waals surface area contributed by atoms with Gasteiger partial charge in [-0.1, -0.05) is 12.1 Å². The van der Waals surface area contributed by atoms with Gasteiger partial charge in [0.15, 0.2) is 0 Å². The molecule has 0 aliphatic heterocycles. The first-order valence-corrected chi connectivity index (χ1v) is 6.51. The Kier molecular flexibility index (Phi) is 4.01. The van der Waals surface area contributed by atoms with Gasteiger partial charge in [-0.25, -0.2) is 0 Å². The molecule has 2 aromatic rings. The van der Waals surface area contributed by atoms with Gasteiger partial charge in [-0.15, -0.1) is 11.3 Å². The molecule has 0 saturated heterocycles. The number of fused-ring (bicyclic) bond motifs is 1. The Hall–Kier alpha value is -1.37. The maximum atomic E-state index is 10.8. The third-order valence-corrected chi connectivity index (χ3v) is 3.78. The number of hydrogen-bond donors (Lipinski definition) is 3. The second-order valence-electron chi connectivity index (χ2n) is 4.13. The van der Waals surface area contributed by atoms with Crippen LogP contribution in [0.15, 0.2) is 24.3 Å². The Morgan fingerprint density at radius 2 is 2.17 bits per heavy atom. The van der Waals surface area contributed by atoms with Crippen molar-refractivity contribution >= 4 is 39.2 Å². The molecule has 0 fully saturated rings. The smallest absolute Gasteiger partial charge is 0.423 e. The zero-order valence-corrected chi connectivity index (χ0v) is 10.8. The minimum absolute atomic E-state index is 0.0297. The van der Waals surface area contributed by atoms with E-state index >= 15 is 0 Å². The molecule has 4 nitrogen and oxygen atoms in total. The molecule has 0 saturated carbocycles. The molecule has 6 heteroatoms. The molecule has 1 aromatic carbocycles. The lowest BCUT2D eigenvalue weighted by molar-refractivity contribution is -0.118. The van der Waals surface area contributed by atoms with Gasteiger partial charge in [-0.05, 0) is 29.5 Å². The van der Waals surface area contributed by atoms with Crippen molar-refractivity contribution in [3.63, 3.8) is 0 Å². The number of carbonyl (C=O) groups excluding carboxylic acids is 1. The normalized spacial score (nSPS) is 10.6. The highest BCUT2D eigenvalue weighted by Gasteiger charge is 2.14. The van der Waals surface area contributed by atoms with Gasteiger partial charge in [0.25, 0.3) is 0 Å². The molecule has 0 bridgehead atoms. The zero-order valence-electron chi connectivity index (χ0n) is 10.0. The van der Waals surface area contributed by atoms with Crippen LogP contribution in [0.5, 0.6) is 0 Å². The quantitative estimate of drug-likeness (QED) is 0.693. The van der Waals surface area contributed by atoms with Gasteiger partial charge in [0.05, 0.1) is 0 Å². The van der Waals surface area contributed by atoms with Crippen molar-refractivity contribution in [2.24, 2.45) is 0 Å². The summed E-state index contributed by atoms with van der Waals surface area (Å²) in [4.78, 5) is 10.8. The summed E-state index contributed by atoms with van der Waals surface area (Å²) in [5, 5.41) is 22.0. The van der Waals surface area contributed by atoms with Crippen LogP contribution in [0.3, 0.4) is 0 Å². The summed E-state index contributed by atoms with van der Waals surface area (Å²) in [6.45, 7) is 2.11. The van der Waals surface area contributed by atoms with Crippen LogP contribution in [0, 0.1) is 0 Å². The van der Waals surface area contributed by atoms with E-state index in [-0.39, 0.29) is 5.91 Å². The Balaban J connectivity index is 2.14. The highest BCUT2D eigenvalue weighted by atomic mass is 32.1. The third-order valence-electron chi connectivity index (χ3n) is 2.65. The van der Waals surface area contributed by atoms with Crippen molar-refractivity contribution in [1.29, 1.82) is 0 Å².